The second-order valence-corrected chi connectivity index (χ2v) is 7.95. The Morgan fingerprint density at radius 1 is 1.18 bits per heavy atom. The number of amides is 1. The average Bonchev–Trinajstić information content (AvgIpc) is 2.72. The molecule has 0 aliphatic carbocycles. The molecule has 1 heterocycles. The zero-order chi connectivity index (χ0) is 19.9. The first-order valence-corrected chi connectivity index (χ1v) is 10.1. The molecule has 0 spiro atoms. The van der Waals surface area contributed by atoms with E-state index in [1.54, 1.807) is 29.2 Å². The van der Waals surface area contributed by atoms with E-state index in [1.807, 2.05) is 24.3 Å². The van der Waals surface area contributed by atoms with E-state index in [-0.39, 0.29) is 12.5 Å². The predicted octanol–water partition coefficient (Wildman–Crippen LogP) is 4.12. The molecule has 0 N–H and O–H groups in total. The van der Waals surface area contributed by atoms with Crippen molar-refractivity contribution in [2.24, 2.45) is 5.92 Å². The highest BCUT2D eigenvalue weighted by molar-refractivity contribution is 7.99. The number of rotatable bonds is 5. The molecule has 0 aromatic heterocycles. The van der Waals surface area contributed by atoms with Gasteiger partial charge >= 0.3 is 5.97 Å². The van der Waals surface area contributed by atoms with Crippen LogP contribution in [0, 0.1) is 17.2 Å². The third kappa shape index (κ3) is 4.93. The number of esters is 1. The van der Waals surface area contributed by atoms with Gasteiger partial charge in [0.15, 0.2) is 6.61 Å². The van der Waals surface area contributed by atoms with Crippen molar-refractivity contribution in [2.45, 2.75) is 29.6 Å². The molecular weight excluding hydrogens is 372 g/mol. The van der Waals surface area contributed by atoms with Gasteiger partial charge in [0.2, 0.25) is 0 Å². The second kappa shape index (κ2) is 9.43. The molecule has 5 nitrogen and oxygen atoms in total. The molecule has 1 atom stereocenters. The molecule has 1 amide bonds. The molecule has 1 aliphatic heterocycles. The molecule has 1 fully saturated rings. The Labute approximate surface area is 169 Å². The Bertz CT molecular complexity index is 907. The lowest BCUT2D eigenvalue weighted by molar-refractivity contribution is -0.136. The first kappa shape index (κ1) is 20.0. The maximum Gasteiger partial charge on any atom is 0.339 e. The number of benzene rings is 2. The first-order chi connectivity index (χ1) is 13.6. The zero-order valence-corrected chi connectivity index (χ0v) is 16.6. The third-order valence-corrected chi connectivity index (χ3v) is 5.82. The quantitative estimate of drug-likeness (QED) is 0.713. The van der Waals surface area contributed by atoms with Crippen LogP contribution in [-0.4, -0.2) is 36.5 Å². The monoisotopic (exact) mass is 394 g/mol. The fourth-order valence-corrected chi connectivity index (χ4v) is 4.22. The van der Waals surface area contributed by atoms with Crippen molar-refractivity contribution in [1.82, 2.24) is 4.90 Å². The Kier molecular flexibility index (Phi) is 6.72. The highest BCUT2D eigenvalue weighted by Crippen LogP contribution is 2.32. The van der Waals surface area contributed by atoms with Crippen LogP contribution in [0.2, 0.25) is 0 Å². The summed E-state index contributed by atoms with van der Waals surface area (Å²) in [6.45, 7) is 3.31. The van der Waals surface area contributed by atoms with Crippen LogP contribution in [-0.2, 0) is 9.53 Å². The van der Waals surface area contributed by atoms with Gasteiger partial charge in [0.05, 0.1) is 11.1 Å². The zero-order valence-electron chi connectivity index (χ0n) is 15.8. The molecule has 6 heteroatoms. The van der Waals surface area contributed by atoms with E-state index in [1.165, 1.54) is 11.8 Å². The van der Waals surface area contributed by atoms with Gasteiger partial charge < -0.3 is 9.64 Å². The lowest BCUT2D eigenvalue weighted by Crippen LogP contribution is -2.41. The van der Waals surface area contributed by atoms with Crippen molar-refractivity contribution in [3.05, 3.63) is 59.7 Å². The lowest BCUT2D eigenvalue weighted by Gasteiger charge is -2.30. The first-order valence-electron chi connectivity index (χ1n) is 9.29. The molecule has 2 aromatic rings. The van der Waals surface area contributed by atoms with E-state index in [9.17, 15) is 14.9 Å². The van der Waals surface area contributed by atoms with E-state index in [2.05, 4.69) is 13.0 Å². The number of nitrogens with zero attached hydrogens (tertiary/aromatic N) is 2. The summed E-state index contributed by atoms with van der Waals surface area (Å²) >= 11 is 1.34. The van der Waals surface area contributed by atoms with Gasteiger partial charge in [-0.1, -0.05) is 43.0 Å². The van der Waals surface area contributed by atoms with Crippen LogP contribution in [0.15, 0.2) is 58.3 Å². The summed E-state index contributed by atoms with van der Waals surface area (Å²) < 4.78 is 5.30. The molecule has 28 heavy (non-hydrogen) atoms. The number of likely N-dealkylation sites (tertiary alicyclic amines) is 1. The van der Waals surface area contributed by atoms with Crippen molar-refractivity contribution < 1.29 is 14.3 Å². The van der Waals surface area contributed by atoms with E-state index in [0.29, 0.717) is 28.5 Å². The van der Waals surface area contributed by atoms with Crippen molar-refractivity contribution in [3.8, 4) is 6.07 Å². The Balaban J connectivity index is 1.67. The molecule has 0 unspecified atom stereocenters. The SMILES string of the molecule is C[C@H]1CCCN(C(=O)COC(=O)c2ccccc2Sc2ccccc2C#N)C1. The number of nitriles is 1. The lowest BCUT2D eigenvalue weighted by atomic mass is 10.0. The number of carbonyl (C=O) groups excluding carboxylic acids is 2. The molecule has 144 valence electrons. The molecule has 0 saturated carbocycles. The van der Waals surface area contributed by atoms with Crippen LogP contribution in [0.5, 0.6) is 0 Å². The Morgan fingerprint density at radius 3 is 2.64 bits per heavy atom. The average molecular weight is 394 g/mol. The summed E-state index contributed by atoms with van der Waals surface area (Å²) in [7, 11) is 0. The van der Waals surface area contributed by atoms with Crippen LogP contribution in [0.25, 0.3) is 0 Å². The summed E-state index contributed by atoms with van der Waals surface area (Å²) in [5.41, 5.74) is 0.935. The largest absolute Gasteiger partial charge is 0.452 e. The fraction of sp³-hybridized carbons (Fsp3) is 0.318. The summed E-state index contributed by atoms with van der Waals surface area (Å²) in [6, 6.07) is 16.5. The molecular formula is C22H22N2O3S. The van der Waals surface area contributed by atoms with Gasteiger partial charge in [-0.3, -0.25) is 4.79 Å². The number of ether oxygens (including phenoxy) is 1. The van der Waals surface area contributed by atoms with Gasteiger partial charge in [0.25, 0.3) is 5.91 Å². The van der Waals surface area contributed by atoms with Crippen molar-refractivity contribution in [3.63, 3.8) is 0 Å². The summed E-state index contributed by atoms with van der Waals surface area (Å²) in [5.74, 6) is -0.207. The third-order valence-electron chi connectivity index (χ3n) is 4.67. The highest BCUT2D eigenvalue weighted by Gasteiger charge is 2.22. The van der Waals surface area contributed by atoms with Gasteiger partial charge in [-0.05, 0) is 43.0 Å². The van der Waals surface area contributed by atoms with Gasteiger partial charge in [-0.25, -0.2) is 4.79 Å². The molecule has 1 aliphatic rings. The van der Waals surface area contributed by atoms with Gasteiger partial charge in [0, 0.05) is 22.9 Å². The van der Waals surface area contributed by atoms with Crippen molar-refractivity contribution in [2.75, 3.05) is 19.7 Å². The minimum Gasteiger partial charge on any atom is -0.452 e. The van der Waals surface area contributed by atoms with E-state index >= 15 is 0 Å². The van der Waals surface area contributed by atoms with Crippen LogP contribution < -0.4 is 0 Å². The summed E-state index contributed by atoms with van der Waals surface area (Å²) in [6.07, 6.45) is 2.11. The molecule has 1 saturated heterocycles. The van der Waals surface area contributed by atoms with Gasteiger partial charge in [-0.15, -0.1) is 0 Å². The van der Waals surface area contributed by atoms with Crippen LogP contribution in [0.4, 0.5) is 0 Å². The molecule has 0 radical (unpaired) electrons. The topological polar surface area (TPSA) is 70.4 Å². The van der Waals surface area contributed by atoms with E-state index in [0.717, 1.165) is 24.3 Å². The van der Waals surface area contributed by atoms with E-state index in [4.69, 9.17) is 4.74 Å². The molecule has 3 rings (SSSR count). The Hall–Kier alpha value is -2.78. The summed E-state index contributed by atoms with van der Waals surface area (Å²) in [4.78, 5) is 28.2. The Morgan fingerprint density at radius 2 is 1.89 bits per heavy atom. The minimum atomic E-state index is -0.532. The van der Waals surface area contributed by atoms with Crippen molar-refractivity contribution >= 4 is 23.6 Å². The maximum atomic E-state index is 12.6. The summed E-state index contributed by atoms with van der Waals surface area (Å²) in [5, 5.41) is 9.27. The van der Waals surface area contributed by atoms with Crippen LogP contribution in [0.3, 0.4) is 0 Å². The number of hydrogen-bond acceptors (Lipinski definition) is 5. The number of hydrogen-bond donors (Lipinski definition) is 0. The predicted molar refractivity (Wildman–Crippen MR) is 107 cm³/mol. The van der Waals surface area contributed by atoms with Crippen molar-refractivity contribution in [1.29, 1.82) is 5.26 Å². The smallest absolute Gasteiger partial charge is 0.339 e. The van der Waals surface area contributed by atoms with E-state index < -0.39 is 5.97 Å². The van der Waals surface area contributed by atoms with Crippen LogP contribution >= 0.6 is 11.8 Å². The van der Waals surface area contributed by atoms with Crippen LogP contribution in [0.1, 0.15) is 35.7 Å². The molecule has 2 aromatic carbocycles. The highest BCUT2D eigenvalue weighted by atomic mass is 32.2. The number of carbonyl (C=O) groups is 2. The maximum absolute atomic E-state index is 12.6. The van der Waals surface area contributed by atoms with Gasteiger partial charge in [0.1, 0.15) is 6.07 Å². The number of piperidine rings is 1. The fourth-order valence-electron chi connectivity index (χ4n) is 3.20. The normalized spacial score (nSPS) is 16.3. The second-order valence-electron chi connectivity index (χ2n) is 6.87. The van der Waals surface area contributed by atoms with Gasteiger partial charge in [-0.2, -0.15) is 5.26 Å². The molecule has 0 bridgehead atoms. The standard InChI is InChI=1S/C22H22N2O3S/c1-16-7-6-12-24(14-16)21(25)15-27-22(26)18-9-3-5-11-20(18)28-19-10-4-2-8-17(19)13-23/h2-5,8-11,16H,6-7,12,14-15H2,1H3/t16-/m0/s1. The minimum absolute atomic E-state index is 0.153.